The fourth-order valence-corrected chi connectivity index (χ4v) is 2.25. The van der Waals surface area contributed by atoms with E-state index in [4.69, 9.17) is 20.8 Å². The molecule has 3 rings (SSSR count). The van der Waals surface area contributed by atoms with Crippen LogP contribution in [-0.2, 0) is 0 Å². The van der Waals surface area contributed by atoms with Gasteiger partial charge < -0.3 is 9.15 Å². The van der Waals surface area contributed by atoms with E-state index in [2.05, 4.69) is 10.5 Å². The summed E-state index contributed by atoms with van der Waals surface area (Å²) in [6, 6.07) is 16.4. The van der Waals surface area contributed by atoms with E-state index >= 15 is 0 Å². The highest BCUT2D eigenvalue weighted by atomic mass is 35.5. The number of esters is 1. The summed E-state index contributed by atoms with van der Waals surface area (Å²) in [4.78, 5) is 24.0. The molecular weight excluding hydrogens is 356 g/mol. The summed E-state index contributed by atoms with van der Waals surface area (Å²) < 4.78 is 10.4. The van der Waals surface area contributed by atoms with Crippen molar-refractivity contribution < 1.29 is 18.7 Å². The SMILES string of the molecule is O=C(Oc1ccc(Cl)cc1/C=N/NC(=O)c1ccco1)c1ccccc1. The Bertz CT molecular complexity index is 937. The van der Waals surface area contributed by atoms with Gasteiger partial charge in [0.05, 0.1) is 18.0 Å². The number of amides is 1. The predicted octanol–water partition coefficient (Wildman–Crippen LogP) is 3.92. The van der Waals surface area contributed by atoms with Crippen LogP contribution in [-0.4, -0.2) is 18.1 Å². The molecule has 1 amide bonds. The standard InChI is InChI=1S/C19H13ClN2O4/c20-15-8-9-16(26-19(24)13-5-2-1-3-6-13)14(11-15)12-21-22-18(23)17-7-4-10-25-17/h1-12H,(H,22,23)/b21-12+. The summed E-state index contributed by atoms with van der Waals surface area (Å²) in [6.07, 6.45) is 2.72. The molecule has 3 aromatic rings. The van der Waals surface area contributed by atoms with E-state index in [0.717, 1.165) is 0 Å². The molecule has 6 nitrogen and oxygen atoms in total. The van der Waals surface area contributed by atoms with Crippen LogP contribution in [0.3, 0.4) is 0 Å². The van der Waals surface area contributed by atoms with E-state index in [-0.39, 0.29) is 11.5 Å². The lowest BCUT2D eigenvalue weighted by atomic mass is 10.2. The summed E-state index contributed by atoms with van der Waals surface area (Å²) in [5.74, 6) is -0.624. The van der Waals surface area contributed by atoms with Crippen molar-refractivity contribution in [3.63, 3.8) is 0 Å². The summed E-state index contributed by atoms with van der Waals surface area (Å²) in [5.41, 5.74) is 3.16. The van der Waals surface area contributed by atoms with Crippen molar-refractivity contribution in [3.8, 4) is 5.75 Å². The van der Waals surface area contributed by atoms with Crippen LogP contribution in [0.2, 0.25) is 5.02 Å². The lowest BCUT2D eigenvalue weighted by Crippen LogP contribution is -2.17. The van der Waals surface area contributed by atoms with Gasteiger partial charge in [0, 0.05) is 10.6 Å². The van der Waals surface area contributed by atoms with E-state index in [1.807, 2.05) is 0 Å². The van der Waals surface area contributed by atoms with E-state index in [1.54, 1.807) is 54.6 Å². The first-order valence-corrected chi connectivity index (χ1v) is 7.95. The van der Waals surface area contributed by atoms with Gasteiger partial charge in [-0.15, -0.1) is 0 Å². The average molecular weight is 369 g/mol. The zero-order valence-electron chi connectivity index (χ0n) is 13.4. The molecule has 1 aromatic heterocycles. The molecule has 1 N–H and O–H groups in total. The molecule has 0 aliphatic heterocycles. The first-order chi connectivity index (χ1) is 12.6. The predicted molar refractivity (Wildman–Crippen MR) is 96.6 cm³/mol. The minimum atomic E-state index is -0.512. The van der Waals surface area contributed by atoms with Crippen LogP contribution in [0, 0.1) is 0 Å². The molecule has 7 heteroatoms. The van der Waals surface area contributed by atoms with Gasteiger partial charge in [-0.3, -0.25) is 4.79 Å². The van der Waals surface area contributed by atoms with Crippen LogP contribution in [0.25, 0.3) is 0 Å². The number of hydrogen-bond donors (Lipinski definition) is 1. The van der Waals surface area contributed by atoms with Gasteiger partial charge in [-0.2, -0.15) is 5.10 Å². The number of carbonyl (C=O) groups excluding carboxylic acids is 2. The lowest BCUT2D eigenvalue weighted by Gasteiger charge is -2.08. The van der Waals surface area contributed by atoms with Crippen LogP contribution in [0.5, 0.6) is 5.75 Å². The highest BCUT2D eigenvalue weighted by molar-refractivity contribution is 6.31. The van der Waals surface area contributed by atoms with Crippen molar-refractivity contribution in [1.82, 2.24) is 5.43 Å². The first-order valence-electron chi connectivity index (χ1n) is 7.57. The molecule has 0 unspecified atom stereocenters. The number of nitrogens with zero attached hydrogens (tertiary/aromatic N) is 1. The summed E-state index contributed by atoms with van der Waals surface area (Å²) in [7, 11) is 0. The fraction of sp³-hybridized carbons (Fsp3) is 0. The van der Waals surface area contributed by atoms with E-state index < -0.39 is 11.9 Å². The average Bonchev–Trinajstić information content (AvgIpc) is 3.19. The minimum Gasteiger partial charge on any atom is -0.459 e. The Morgan fingerprint density at radius 1 is 1.08 bits per heavy atom. The second kappa shape index (κ2) is 8.13. The third kappa shape index (κ3) is 4.37. The maximum Gasteiger partial charge on any atom is 0.343 e. The molecule has 1 heterocycles. The smallest absolute Gasteiger partial charge is 0.343 e. The zero-order valence-corrected chi connectivity index (χ0v) is 14.1. The summed E-state index contributed by atoms with van der Waals surface area (Å²) in [5, 5.41) is 4.28. The third-order valence-electron chi connectivity index (χ3n) is 3.30. The van der Waals surface area contributed by atoms with Gasteiger partial charge in [0.1, 0.15) is 5.75 Å². The largest absolute Gasteiger partial charge is 0.459 e. The second-order valence-electron chi connectivity index (χ2n) is 5.11. The molecule has 0 atom stereocenters. The minimum absolute atomic E-state index is 0.129. The summed E-state index contributed by atoms with van der Waals surface area (Å²) in [6.45, 7) is 0. The highest BCUT2D eigenvalue weighted by Crippen LogP contribution is 2.22. The second-order valence-corrected chi connectivity index (χ2v) is 5.55. The Labute approximate surface area is 154 Å². The Balaban J connectivity index is 1.74. The molecule has 130 valence electrons. The van der Waals surface area contributed by atoms with Gasteiger partial charge in [-0.25, -0.2) is 10.2 Å². The van der Waals surface area contributed by atoms with Crippen LogP contribution in [0.4, 0.5) is 0 Å². The van der Waals surface area contributed by atoms with Gasteiger partial charge in [0.15, 0.2) is 5.76 Å². The van der Waals surface area contributed by atoms with Gasteiger partial charge in [0.2, 0.25) is 0 Å². The maximum absolute atomic E-state index is 12.2. The number of ether oxygens (including phenoxy) is 1. The Hall–Kier alpha value is -3.38. The Morgan fingerprint density at radius 2 is 1.88 bits per heavy atom. The fourth-order valence-electron chi connectivity index (χ4n) is 2.07. The molecule has 0 aliphatic rings. The van der Waals surface area contributed by atoms with Gasteiger partial charge >= 0.3 is 11.9 Å². The van der Waals surface area contributed by atoms with Crippen LogP contribution in [0.1, 0.15) is 26.5 Å². The summed E-state index contributed by atoms with van der Waals surface area (Å²) >= 11 is 5.99. The number of furan rings is 1. The molecule has 0 saturated carbocycles. The third-order valence-corrected chi connectivity index (χ3v) is 3.53. The highest BCUT2D eigenvalue weighted by Gasteiger charge is 2.11. The van der Waals surface area contributed by atoms with E-state index in [0.29, 0.717) is 16.1 Å². The number of nitrogens with one attached hydrogen (secondary N) is 1. The number of rotatable bonds is 5. The van der Waals surface area contributed by atoms with E-state index in [1.165, 1.54) is 18.5 Å². The molecule has 0 radical (unpaired) electrons. The number of benzene rings is 2. The first kappa shape index (κ1) is 17.4. The van der Waals surface area contributed by atoms with Crippen molar-refractivity contribution in [2.45, 2.75) is 0 Å². The number of carbonyl (C=O) groups is 2. The van der Waals surface area contributed by atoms with Crippen molar-refractivity contribution in [1.29, 1.82) is 0 Å². The molecule has 0 bridgehead atoms. The molecule has 2 aromatic carbocycles. The monoisotopic (exact) mass is 368 g/mol. The van der Waals surface area contributed by atoms with E-state index in [9.17, 15) is 9.59 Å². The Morgan fingerprint density at radius 3 is 2.62 bits per heavy atom. The maximum atomic E-state index is 12.2. The Kier molecular flexibility index (Phi) is 5.46. The lowest BCUT2D eigenvalue weighted by molar-refractivity contribution is 0.0734. The van der Waals surface area contributed by atoms with Gasteiger partial charge in [0.25, 0.3) is 0 Å². The van der Waals surface area contributed by atoms with Crippen LogP contribution >= 0.6 is 11.6 Å². The number of hydrogen-bond acceptors (Lipinski definition) is 5. The van der Waals surface area contributed by atoms with Gasteiger partial charge in [-0.1, -0.05) is 29.8 Å². The van der Waals surface area contributed by atoms with Crippen molar-refractivity contribution >= 4 is 29.7 Å². The molecular formula is C19H13ClN2O4. The van der Waals surface area contributed by atoms with Crippen molar-refractivity contribution in [2.75, 3.05) is 0 Å². The number of hydrazone groups is 1. The normalized spacial score (nSPS) is 10.7. The zero-order chi connectivity index (χ0) is 18.4. The van der Waals surface area contributed by atoms with Crippen molar-refractivity contribution in [2.24, 2.45) is 5.10 Å². The molecule has 0 spiro atoms. The molecule has 26 heavy (non-hydrogen) atoms. The molecule has 0 aliphatic carbocycles. The van der Waals surface area contributed by atoms with Gasteiger partial charge in [-0.05, 0) is 42.5 Å². The van der Waals surface area contributed by atoms with Crippen LogP contribution < -0.4 is 10.2 Å². The number of halogens is 1. The quantitative estimate of drug-likeness (QED) is 0.320. The molecule has 0 saturated heterocycles. The molecule has 0 fully saturated rings. The van der Waals surface area contributed by atoms with Crippen LogP contribution in [0.15, 0.2) is 76.4 Å². The topological polar surface area (TPSA) is 80.9 Å². The van der Waals surface area contributed by atoms with Crippen molar-refractivity contribution in [3.05, 3.63) is 88.8 Å².